The minimum atomic E-state index is -0.350. The summed E-state index contributed by atoms with van der Waals surface area (Å²) in [6, 6.07) is -0.122. The molecule has 6 nitrogen and oxygen atoms in total. The average Bonchev–Trinajstić information content (AvgIpc) is 2.74. The highest BCUT2D eigenvalue weighted by Gasteiger charge is 2.46. The van der Waals surface area contributed by atoms with Crippen LogP contribution in [-0.2, 0) is 18.2 Å². The van der Waals surface area contributed by atoms with Gasteiger partial charge in [-0.1, -0.05) is 0 Å². The van der Waals surface area contributed by atoms with Crippen molar-refractivity contribution in [3.8, 4) is 0 Å². The van der Waals surface area contributed by atoms with Gasteiger partial charge >= 0.3 is 6.03 Å². The molecule has 1 aliphatic heterocycles. The van der Waals surface area contributed by atoms with Gasteiger partial charge in [0.05, 0.1) is 22.9 Å². The predicted molar refractivity (Wildman–Crippen MR) is 90.6 cm³/mol. The minimum absolute atomic E-state index is 0.0133. The summed E-state index contributed by atoms with van der Waals surface area (Å²) in [5.74, 6) is 0. The van der Waals surface area contributed by atoms with Gasteiger partial charge < -0.3 is 15.4 Å². The van der Waals surface area contributed by atoms with Gasteiger partial charge in [0.1, 0.15) is 0 Å². The van der Waals surface area contributed by atoms with E-state index >= 15 is 0 Å². The first kappa shape index (κ1) is 17.8. The fourth-order valence-electron chi connectivity index (χ4n) is 3.48. The number of hydrogen-bond acceptors (Lipinski definition) is 3. The van der Waals surface area contributed by atoms with E-state index in [2.05, 4.69) is 36.5 Å². The van der Waals surface area contributed by atoms with Crippen molar-refractivity contribution in [2.45, 2.75) is 71.6 Å². The number of ether oxygens (including phenoxy) is 1. The summed E-state index contributed by atoms with van der Waals surface area (Å²) < 4.78 is 7.88. The molecule has 1 atom stereocenters. The first-order valence-electron chi connectivity index (χ1n) is 8.25. The molecule has 2 amide bonds. The molecule has 0 bridgehead atoms. The summed E-state index contributed by atoms with van der Waals surface area (Å²) in [6.07, 6.45) is 1.60. The molecule has 1 aliphatic rings. The fourth-order valence-corrected chi connectivity index (χ4v) is 3.48. The van der Waals surface area contributed by atoms with Crippen LogP contribution in [-0.4, -0.2) is 39.6 Å². The zero-order chi connectivity index (χ0) is 17.4. The summed E-state index contributed by atoms with van der Waals surface area (Å²) in [5, 5.41) is 10.4. The molecule has 1 fully saturated rings. The Hall–Kier alpha value is -1.56. The zero-order valence-corrected chi connectivity index (χ0v) is 15.4. The van der Waals surface area contributed by atoms with Crippen molar-refractivity contribution < 1.29 is 9.53 Å². The lowest BCUT2D eigenvalue weighted by Gasteiger charge is -2.27. The number of amides is 2. The van der Waals surface area contributed by atoms with Crippen molar-refractivity contribution in [3.05, 3.63) is 17.0 Å². The summed E-state index contributed by atoms with van der Waals surface area (Å²) in [7, 11) is 1.94. The van der Waals surface area contributed by atoms with Crippen molar-refractivity contribution in [1.29, 1.82) is 0 Å². The van der Waals surface area contributed by atoms with Gasteiger partial charge in [0.25, 0.3) is 0 Å². The number of urea groups is 1. The van der Waals surface area contributed by atoms with Crippen LogP contribution < -0.4 is 10.6 Å². The molecule has 6 heteroatoms. The lowest BCUT2D eigenvalue weighted by Crippen LogP contribution is -2.50. The molecule has 1 saturated heterocycles. The number of aromatic nitrogens is 2. The van der Waals surface area contributed by atoms with Crippen LogP contribution in [0.15, 0.2) is 0 Å². The Bertz CT molecular complexity index is 590. The Labute approximate surface area is 139 Å². The number of rotatable bonds is 4. The first-order chi connectivity index (χ1) is 10.5. The van der Waals surface area contributed by atoms with E-state index in [1.54, 1.807) is 0 Å². The maximum atomic E-state index is 12.2. The number of carbonyl (C=O) groups excluding carboxylic acids is 1. The molecule has 0 spiro atoms. The SMILES string of the molecule is Cc1nn(C)c(C)c1CCNC(=O)N[C@H]1CC(C)(C)OC1(C)C. The molecule has 0 aromatic carbocycles. The quantitative estimate of drug-likeness (QED) is 0.893. The predicted octanol–water partition coefficient (Wildman–Crippen LogP) is 2.22. The second kappa shape index (κ2) is 6.15. The second-order valence-corrected chi connectivity index (χ2v) is 7.65. The summed E-state index contributed by atoms with van der Waals surface area (Å²) >= 11 is 0. The van der Waals surface area contributed by atoms with Gasteiger partial charge in [0.15, 0.2) is 0 Å². The van der Waals surface area contributed by atoms with Crippen LogP contribution in [0.5, 0.6) is 0 Å². The third-order valence-electron chi connectivity index (χ3n) is 4.70. The van der Waals surface area contributed by atoms with E-state index in [9.17, 15) is 4.79 Å². The fraction of sp³-hybridized carbons (Fsp3) is 0.765. The molecule has 1 aromatic heterocycles. The van der Waals surface area contributed by atoms with E-state index in [1.165, 1.54) is 5.56 Å². The molecular weight excluding hydrogens is 292 g/mol. The Morgan fingerprint density at radius 3 is 2.48 bits per heavy atom. The topological polar surface area (TPSA) is 68.2 Å². The second-order valence-electron chi connectivity index (χ2n) is 7.65. The molecular formula is C17H30N4O2. The lowest BCUT2D eigenvalue weighted by molar-refractivity contribution is -0.0690. The Morgan fingerprint density at radius 1 is 1.35 bits per heavy atom. The monoisotopic (exact) mass is 322 g/mol. The first-order valence-corrected chi connectivity index (χ1v) is 8.25. The highest BCUT2D eigenvalue weighted by Crippen LogP contribution is 2.37. The summed E-state index contributed by atoms with van der Waals surface area (Å²) in [6.45, 7) is 12.8. The van der Waals surface area contributed by atoms with Crippen LogP contribution in [0.3, 0.4) is 0 Å². The van der Waals surface area contributed by atoms with E-state index in [0.29, 0.717) is 6.54 Å². The molecule has 2 rings (SSSR count). The van der Waals surface area contributed by atoms with Crippen LogP contribution in [0.1, 0.15) is 51.1 Å². The van der Waals surface area contributed by atoms with Crippen LogP contribution in [0.25, 0.3) is 0 Å². The number of carbonyl (C=O) groups is 1. The van der Waals surface area contributed by atoms with Gasteiger partial charge in [0.2, 0.25) is 0 Å². The third kappa shape index (κ3) is 4.05. The van der Waals surface area contributed by atoms with Crippen molar-refractivity contribution in [1.82, 2.24) is 20.4 Å². The van der Waals surface area contributed by atoms with Crippen molar-refractivity contribution >= 4 is 6.03 Å². The van der Waals surface area contributed by atoms with Gasteiger partial charge in [-0.2, -0.15) is 5.10 Å². The van der Waals surface area contributed by atoms with Crippen LogP contribution >= 0.6 is 0 Å². The van der Waals surface area contributed by atoms with E-state index in [1.807, 2.05) is 32.5 Å². The number of nitrogens with one attached hydrogen (secondary N) is 2. The van der Waals surface area contributed by atoms with Crippen molar-refractivity contribution in [3.63, 3.8) is 0 Å². The lowest BCUT2D eigenvalue weighted by atomic mass is 9.95. The van der Waals surface area contributed by atoms with Crippen molar-refractivity contribution in [2.24, 2.45) is 7.05 Å². The molecule has 0 saturated carbocycles. The highest BCUT2D eigenvalue weighted by molar-refractivity contribution is 5.74. The number of nitrogens with zero attached hydrogens (tertiary/aromatic N) is 2. The van der Waals surface area contributed by atoms with Gasteiger partial charge in [0, 0.05) is 19.3 Å². The Kier molecular flexibility index (Phi) is 4.76. The van der Waals surface area contributed by atoms with Gasteiger partial charge in [-0.15, -0.1) is 0 Å². The molecule has 0 aliphatic carbocycles. The van der Waals surface area contributed by atoms with Crippen LogP contribution in [0, 0.1) is 13.8 Å². The Balaban J connectivity index is 1.84. The standard InChI is InChI=1S/C17H30N4O2/c1-11-13(12(2)21(7)20-11)8-9-18-15(22)19-14-10-16(3,4)23-17(14,5)6/h14H,8-10H2,1-7H3,(H2,18,19,22)/t14-/m0/s1. The minimum Gasteiger partial charge on any atom is -0.367 e. The summed E-state index contributed by atoms with van der Waals surface area (Å²) in [4.78, 5) is 12.2. The molecule has 0 unspecified atom stereocenters. The smallest absolute Gasteiger partial charge is 0.315 e. The maximum Gasteiger partial charge on any atom is 0.315 e. The normalized spacial score (nSPS) is 22.1. The zero-order valence-electron chi connectivity index (χ0n) is 15.4. The highest BCUT2D eigenvalue weighted by atomic mass is 16.5. The molecule has 23 heavy (non-hydrogen) atoms. The largest absolute Gasteiger partial charge is 0.367 e. The third-order valence-corrected chi connectivity index (χ3v) is 4.70. The van der Waals surface area contributed by atoms with Crippen molar-refractivity contribution in [2.75, 3.05) is 6.54 Å². The molecule has 2 N–H and O–H groups in total. The van der Waals surface area contributed by atoms with Gasteiger partial charge in [-0.3, -0.25) is 4.68 Å². The van der Waals surface area contributed by atoms with Crippen LogP contribution in [0.4, 0.5) is 4.79 Å². The maximum absolute atomic E-state index is 12.2. The number of hydrogen-bond donors (Lipinski definition) is 2. The molecule has 130 valence electrons. The van der Waals surface area contributed by atoms with Gasteiger partial charge in [-0.25, -0.2) is 4.79 Å². The Morgan fingerprint density at radius 2 is 2.00 bits per heavy atom. The summed E-state index contributed by atoms with van der Waals surface area (Å²) in [5.41, 5.74) is 2.83. The van der Waals surface area contributed by atoms with E-state index in [4.69, 9.17) is 4.74 Å². The van der Waals surface area contributed by atoms with Gasteiger partial charge in [-0.05, 0) is 59.9 Å². The van der Waals surface area contributed by atoms with E-state index in [-0.39, 0.29) is 23.3 Å². The molecule has 2 heterocycles. The van der Waals surface area contributed by atoms with Crippen LogP contribution in [0.2, 0.25) is 0 Å². The van der Waals surface area contributed by atoms with E-state index < -0.39 is 0 Å². The molecule has 0 radical (unpaired) electrons. The number of aryl methyl sites for hydroxylation is 2. The molecule has 1 aromatic rings. The average molecular weight is 322 g/mol. The van der Waals surface area contributed by atoms with E-state index in [0.717, 1.165) is 24.2 Å².